The average Bonchev–Trinajstić information content (AvgIpc) is 3.00. The van der Waals surface area contributed by atoms with E-state index in [9.17, 15) is 4.79 Å². The van der Waals surface area contributed by atoms with Crippen LogP contribution in [0, 0.1) is 0 Å². The van der Waals surface area contributed by atoms with Gasteiger partial charge in [-0.1, -0.05) is 30.3 Å². The Labute approximate surface area is 136 Å². The van der Waals surface area contributed by atoms with Crippen molar-refractivity contribution in [2.45, 2.75) is 45.3 Å². The van der Waals surface area contributed by atoms with Crippen LogP contribution in [0.2, 0.25) is 0 Å². The van der Waals surface area contributed by atoms with E-state index in [-0.39, 0.29) is 11.5 Å². The first kappa shape index (κ1) is 17.1. The number of benzene rings is 1. The summed E-state index contributed by atoms with van der Waals surface area (Å²) in [5.41, 5.74) is 0.839. The number of hydrogen-bond donors (Lipinski definition) is 1. The Morgan fingerprint density at radius 3 is 2.61 bits per heavy atom. The van der Waals surface area contributed by atoms with E-state index in [4.69, 9.17) is 4.74 Å². The standard InChI is InChI=1S/C16H23N5O2/c1-16(2,3)21-14(18-19-20-21)11-17-13(15(22)23-4)10-12-8-6-5-7-9-12/h5-9,13,17H,10-11H2,1-4H3/t13-/m0/s1. The van der Waals surface area contributed by atoms with E-state index < -0.39 is 6.04 Å². The van der Waals surface area contributed by atoms with Gasteiger partial charge in [0.1, 0.15) is 6.04 Å². The van der Waals surface area contributed by atoms with Crippen molar-refractivity contribution in [3.8, 4) is 0 Å². The van der Waals surface area contributed by atoms with Crippen molar-refractivity contribution >= 4 is 5.97 Å². The van der Waals surface area contributed by atoms with Crippen LogP contribution < -0.4 is 5.32 Å². The molecule has 1 heterocycles. The Morgan fingerprint density at radius 1 is 1.30 bits per heavy atom. The predicted molar refractivity (Wildman–Crippen MR) is 85.6 cm³/mol. The second-order valence-corrected chi connectivity index (χ2v) is 6.32. The summed E-state index contributed by atoms with van der Waals surface area (Å²) in [5, 5.41) is 15.0. The van der Waals surface area contributed by atoms with Gasteiger partial charge in [0.15, 0.2) is 5.82 Å². The molecule has 7 heteroatoms. The fourth-order valence-corrected chi connectivity index (χ4v) is 2.28. The first-order valence-corrected chi connectivity index (χ1v) is 7.54. The minimum absolute atomic E-state index is 0.222. The summed E-state index contributed by atoms with van der Waals surface area (Å²) in [7, 11) is 1.39. The first-order chi connectivity index (χ1) is 10.9. The number of tetrazole rings is 1. The van der Waals surface area contributed by atoms with Crippen LogP contribution in [-0.4, -0.2) is 39.3 Å². The molecule has 0 spiro atoms. The zero-order valence-electron chi connectivity index (χ0n) is 14.0. The SMILES string of the molecule is COC(=O)[C@H](Cc1ccccc1)NCc1nnnn1C(C)(C)C. The van der Waals surface area contributed by atoms with Crippen molar-refractivity contribution in [2.75, 3.05) is 7.11 Å². The van der Waals surface area contributed by atoms with Crippen molar-refractivity contribution in [1.82, 2.24) is 25.5 Å². The Bertz CT molecular complexity index is 633. The van der Waals surface area contributed by atoms with Crippen LogP contribution in [0.4, 0.5) is 0 Å². The van der Waals surface area contributed by atoms with Gasteiger partial charge in [0.05, 0.1) is 19.2 Å². The van der Waals surface area contributed by atoms with Crippen LogP contribution in [0.15, 0.2) is 30.3 Å². The monoisotopic (exact) mass is 317 g/mol. The summed E-state index contributed by atoms with van der Waals surface area (Å²) in [6.07, 6.45) is 0.546. The average molecular weight is 317 g/mol. The molecule has 1 aromatic heterocycles. The third kappa shape index (κ3) is 4.59. The molecule has 2 aromatic rings. The number of hydrogen-bond acceptors (Lipinski definition) is 6. The molecule has 1 atom stereocenters. The molecule has 0 saturated heterocycles. The highest BCUT2D eigenvalue weighted by Gasteiger charge is 2.23. The second-order valence-electron chi connectivity index (χ2n) is 6.32. The quantitative estimate of drug-likeness (QED) is 0.809. The van der Waals surface area contributed by atoms with Gasteiger partial charge in [-0.05, 0) is 43.2 Å². The fraction of sp³-hybridized carbons (Fsp3) is 0.500. The molecule has 0 bridgehead atoms. The molecule has 1 aromatic carbocycles. The summed E-state index contributed by atoms with van der Waals surface area (Å²) in [5.74, 6) is 0.378. The summed E-state index contributed by atoms with van der Waals surface area (Å²) >= 11 is 0. The lowest BCUT2D eigenvalue weighted by Gasteiger charge is -2.21. The highest BCUT2D eigenvalue weighted by atomic mass is 16.5. The lowest BCUT2D eigenvalue weighted by Crippen LogP contribution is -2.40. The van der Waals surface area contributed by atoms with Gasteiger partial charge in [-0.25, -0.2) is 4.68 Å². The number of rotatable bonds is 6. The van der Waals surface area contributed by atoms with Crippen LogP contribution in [0.1, 0.15) is 32.2 Å². The maximum atomic E-state index is 12.0. The van der Waals surface area contributed by atoms with Crippen molar-refractivity contribution in [3.05, 3.63) is 41.7 Å². The third-order valence-corrected chi connectivity index (χ3v) is 3.44. The Balaban J connectivity index is 2.07. The Morgan fingerprint density at radius 2 is 2.00 bits per heavy atom. The Kier molecular flexibility index (Phi) is 5.44. The molecular formula is C16H23N5O2. The molecule has 23 heavy (non-hydrogen) atoms. The molecule has 0 aliphatic heterocycles. The maximum Gasteiger partial charge on any atom is 0.323 e. The normalized spacial score (nSPS) is 12.9. The molecule has 124 valence electrons. The van der Waals surface area contributed by atoms with Crippen LogP contribution in [0.5, 0.6) is 0 Å². The fourth-order valence-electron chi connectivity index (χ4n) is 2.28. The van der Waals surface area contributed by atoms with E-state index >= 15 is 0 Å². The molecule has 0 aliphatic carbocycles. The van der Waals surface area contributed by atoms with Gasteiger partial charge >= 0.3 is 5.97 Å². The zero-order chi connectivity index (χ0) is 16.9. The number of carbonyl (C=O) groups is 1. The Hall–Kier alpha value is -2.28. The summed E-state index contributed by atoms with van der Waals surface area (Å²) in [4.78, 5) is 12.0. The van der Waals surface area contributed by atoms with Gasteiger partial charge < -0.3 is 4.74 Å². The highest BCUT2D eigenvalue weighted by Crippen LogP contribution is 2.13. The smallest absolute Gasteiger partial charge is 0.323 e. The van der Waals surface area contributed by atoms with E-state index in [2.05, 4.69) is 20.8 Å². The van der Waals surface area contributed by atoms with Gasteiger partial charge in [0, 0.05) is 0 Å². The number of nitrogens with one attached hydrogen (secondary N) is 1. The van der Waals surface area contributed by atoms with E-state index in [1.807, 2.05) is 51.1 Å². The largest absolute Gasteiger partial charge is 0.468 e. The summed E-state index contributed by atoms with van der Waals surface area (Å²) < 4.78 is 6.64. The van der Waals surface area contributed by atoms with Gasteiger partial charge in [-0.2, -0.15) is 0 Å². The maximum absolute atomic E-state index is 12.0. The van der Waals surface area contributed by atoms with E-state index in [1.165, 1.54) is 7.11 Å². The van der Waals surface area contributed by atoms with Gasteiger partial charge in [-0.3, -0.25) is 10.1 Å². The van der Waals surface area contributed by atoms with Gasteiger partial charge in [0.2, 0.25) is 0 Å². The minimum atomic E-state index is -0.451. The molecule has 0 saturated carbocycles. The number of aromatic nitrogens is 4. The molecule has 1 N–H and O–H groups in total. The van der Waals surface area contributed by atoms with E-state index in [0.717, 1.165) is 5.56 Å². The molecule has 0 fully saturated rings. The first-order valence-electron chi connectivity index (χ1n) is 7.54. The highest BCUT2D eigenvalue weighted by molar-refractivity contribution is 5.76. The molecule has 0 radical (unpaired) electrons. The number of nitrogens with zero attached hydrogens (tertiary/aromatic N) is 4. The number of methoxy groups -OCH3 is 1. The van der Waals surface area contributed by atoms with Crippen LogP contribution in [-0.2, 0) is 28.0 Å². The molecular weight excluding hydrogens is 294 g/mol. The predicted octanol–water partition coefficient (Wildman–Crippen LogP) is 1.30. The molecule has 0 amide bonds. The lowest BCUT2D eigenvalue weighted by atomic mass is 10.1. The molecule has 0 unspecified atom stereocenters. The van der Waals surface area contributed by atoms with Crippen molar-refractivity contribution < 1.29 is 9.53 Å². The topological polar surface area (TPSA) is 81.9 Å². The van der Waals surface area contributed by atoms with Crippen molar-refractivity contribution in [1.29, 1.82) is 0 Å². The molecule has 0 aliphatic rings. The zero-order valence-corrected chi connectivity index (χ0v) is 14.0. The van der Waals surface area contributed by atoms with E-state index in [0.29, 0.717) is 18.8 Å². The number of esters is 1. The van der Waals surface area contributed by atoms with Gasteiger partial charge in [0.25, 0.3) is 0 Å². The van der Waals surface area contributed by atoms with Crippen LogP contribution >= 0.6 is 0 Å². The molecule has 7 nitrogen and oxygen atoms in total. The van der Waals surface area contributed by atoms with E-state index in [1.54, 1.807) is 4.68 Å². The minimum Gasteiger partial charge on any atom is -0.468 e. The lowest BCUT2D eigenvalue weighted by molar-refractivity contribution is -0.143. The van der Waals surface area contributed by atoms with Crippen molar-refractivity contribution in [2.24, 2.45) is 0 Å². The van der Waals surface area contributed by atoms with Crippen LogP contribution in [0.25, 0.3) is 0 Å². The van der Waals surface area contributed by atoms with Crippen molar-refractivity contribution in [3.63, 3.8) is 0 Å². The third-order valence-electron chi connectivity index (χ3n) is 3.44. The number of ether oxygens (including phenoxy) is 1. The molecule has 2 rings (SSSR count). The summed E-state index contributed by atoms with van der Waals surface area (Å²) in [6, 6.07) is 9.36. The van der Waals surface area contributed by atoms with Gasteiger partial charge in [-0.15, -0.1) is 5.10 Å². The van der Waals surface area contributed by atoms with Crippen LogP contribution in [0.3, 0.4) is 0 Å². The number of carbonyl (C=O) groups excluding carboxylic acids is 1. The second kappa shape index (κ2) is 7.32. The summed E-state index contributed by atoms with van der Waals surface area (Å²) in [6.45, 7) is 6.45.